The summed E-state index contributed by atoms with van der Waals surface area (Å²) in [6.45, 7) is 3.64. The van der Waals surface area contributed by atoms with Gasteiger partial charge in [0.05, 0.1) is 6.10 Å². The minimum Gasteiger partial charge on any atom is -0.389 e. The van der Waals surface area contributed by atoms with Gasteiger partial charge < -0.3 is 10.1 Å². The standard InChI is InChI=1S/C8H11NOS/c1-5-7(6(2)10)3-4-8(11)9-5/h3-4,6,10H,1-2H3,(H,9,11)/t6-/m0/s1. The van der Waals surface area contributed by atoms with Crippen LogP contribution in [0, 0.1) is 11.6 Å². The second-order valence-electron chi connectivity index (χ2n) is 2.58. The van der Waals surface area contributed by atoms with E-state index in [0.717, 1.165) is 11.3 Å². The second-order valence-corrected chi connectivity index (χ2v) is 3.02. The first kappa shape index (κ1) is 8.43. The highest BCUT2D eigenvalue weighted by Crippen LogP contribution is 2.13. The SMILES string of the molecule is Cc1[nH]c(=S)ccc1[C@H](C)O. The van der Waals surface area contributed by atoms with Crippen LogP contribution in [-0.4, -0.2) is 10.1 Å². The van der Waals surface area contributed by atoms with E-state index >= 15 is 0 Å². The maximum Gasteiger partial charge on any atom is 0.103 e. The highest BCUT2D eigenvalue weighted by Gasteiger charge is 2.02. The topological polar surface area (TPSA) is 36.0 Å². The van der Waals surface area contributed by atoms with Crippen LogP contribution in [0.4, 0.5) is 0 Å². The van der Waals surface area contributed by atoms with Crippen LogP contribution in [0.1, 0.15) is 24.3 Å². The van der Waals surface area contributed by atoms with Crippen molar-refractivity contribution >= 4 is 12.2 Å². The molecule has 11 heavy (non-hydrogen) atoms. The minimum atomic E-state index is -0.429. The van der Waals surface area contributed by atoms with E-state index in [9.17, 15) is 5.11 Å². The van der Waals surface area contributed by atoms with Gasteiger partial charge >= 0.3 is 0 Å². The highest BCUT2D eigenvalue weighted by molar-refractivity contribution is 7.71. The summed E-state index contributed by atoms with van der Waals surface area (Å²) in [7, 11) is 0. The first-order valence-electron chi connectivity index (χ1n) is 3.49. The Labute approximate surface area is 70.9 Å². The van der Waals surface area contributed by atoms with Gasteiger partial charge in [-0.3, -0.25) is 0 Å². The summed E-state index contributed by atoms with van der Waals surface area (Å²) in [5, 5.41) is 9.24. The number of H-pyrrole nitrogens is 1. The molecule has 1 rings (SSSR count). The van der Waals surface area contributed by atoms with Gasteiger partial charge in [0.2, 0.25) is 0 Å². The van der Waals surface area contributed by atoms with Crippen LogP contribution in [0.2, 0.25) is 0 Å². The molecule has 0 bridgehead atoms. The molecular weight excluding hydrogens is 158 g/mol. The Hall–Kier alpha value is -0.670. The van der Waals surface area contributed by atoms with Crippen LogP contribution in [0.3, 0.4) is 0 Å². The van der Waals surface area contributed by atoms with Gasteiger partial charge in [0.25, 0.3) is 0 Å². The summed E-state index contributed by atoms with van der Waals surface area (Å²) in [6.07, 6.45) is -0.429. The van der Waals surface area contributed by atoms with Crippen molar-refractivity contribution in [1.29, 1.82) is 0 Å². The van der Waals surface area contributed by atoms with Gasteiger partial charge in [0, 0.05) is 5.69 Å². The monoisotopic (exact) mass is 169 g/mol. The van der Waals surface area contributed by atoms with Gasteiger partial charge in [-0.15, -0.1) is 0 Å². The van der Waals surface area contributed by atoms with Gasteiger partial charge in [-0.25, -0.2) is 0 Å². The first-order valence-corrected chi connectivity index (χ1v) is 3.90. The van der Waals surface area contributed by atoms with Crippen LogP contribution < -0.4 is 0 Å². The van der Waals surface area contributed by atoms with Crippen LogP contribution >= 0.6 is 12.2 Å². The Morgan fingerprint density at radius 3 is 2.64 bits per heavy atom. The molecular formula is C8H11NOS. The molecule has 0 spiro atoms. The van der Waals surface area contributed by atoms with Crippen LogP contribution in [0.15, 0.2) is 12.1 Å². The fourth-order valence-electron chi connectivity index (χ4n) is 1.04. The first-order chi connectivity index (χ1) is 5.11. The van der Waals surface area contributed by atoms with Crippen molar-refractivity contribution in [2.75, 3.05) is 0 Å². The third-order valence-electron chi connectivity index (χ3n) is 1.61. The van der Waals surface area contributed by atoms with Crippen molar-refractivity contribution < 1.29 is 5.11 Å². The number of aliphatic hydroxyl groups excluding tert-OH is 1. The number of aryl methyl sites for hydroxylation is 1. The number of aromatic amines is 1. The van der Waals surface area contributed by atoms with E-state index in [1.807, 2.05) is 13.0 Å². The predicted molar refractivity (Wildman–Crippen MR) is 47.0 cm³/mol. The van der Waals surface area contributed by atoms with E-state index in [1.165, 1.54) is 0 Å². The van der Waals surface area contributed by atoms with E-state index in [2.05, 4.69) is 4.98 Å². The Balaban J connectivity index is 3.20. The highest BCUT2D eigenvalue weighted by atomic mass is 32.1. The summed E-state index contributed by atoms with van der Waals surface area (Å²) >= 11 is 4.91. The Morgan fingerprint density at radius 1 is 1.55 bits per heavy atom. The fourth-order valence-corrected chi connectivity index (χ4v) is 1.26. The smallest absolute Gasteiger partial charge is 0.103 e. The van der Waals surface area contributed by atoms with Crippen molar-refractivity contribution in [3.63, 3.8) is 0 Å². The molecule has 0 saturated heterocycles. The number of pyridine rings is 1. The number of aromatic nitrogens is 1. The largest absolute Gasteiger partial charge is 0.389 e. The third kappa shape index (κ3) is 1.88. The lowest BCUT2D eigenvalue weighted by atomic mass is 10.1. The van der Waals surface area contributed by atoms with E-state index in [0.29, 0.717) is 4.64 Å². The molecule has 3 heteroatoms. The van der Waals surface area contributed by atoms with E-state index in [-0.39, 0.29) is 0 Å². The Kier molecular flexibility index (Phi) is 2.42. The number of hydrogen-bond donors (Lipinski definition) is 2. The van der Waals surface area contributed by atoms with Crippen molar-refractivity contribution in [3.8, 4) is 0 Å². The summed E-state index contributed by atoms with van der Waals surface area (Å²) in [6, 6.07) is 3.63. The van der Waals surface area contributed by atoms with Crippen LogP contribution in [0.25, 0.3) is 0 Å². The minimum absolute atomic E-state index is 0.429. The third-order valence-corrected chi connectivity index (χ3v) is 1.85. The molecule has 2 nitrogen and oxygen atoms in total. The van der Waals surface area contributed by atoms with Gasteiger partial charge in [-0.2, -0.15) is 0 Å². The maximum atomic E-state index is 9.24. The molecule has 1 atom stereocenters. The number of nitrogens with one attached hydrogen (secondary N) is 1. The number of rotatable bonds is 1. The molecule has 0 aliphatic heterocycles. The molecule has 0 fully saturated rings. The van der Waals surface area contributed by atoms with Gasteiger partial charge in [0.1, 0.15) is 4.64 Å². The zero-order valence-electron chi connectivity index (χ0n) is 6.59. The second kappa shape index (κ2) is 3.15. The average molecular weight is 169 g/mol. The lowest BCUT2D eigenvalue weighted by molar-refractivity contribution is 0.198. The van der Waals surface area contributed by atoms with Gasteiger partial charge in [0.15, 0.2) is 0 Å². The predicted octanol–water partition coefficient (Wildman–Crippen LogP) is 2.11. The lowest BCUT2D eigenvalue weighted by Crippen LogP contribution is -1.96. The molecule has 0 aromatic carbocycles. The van der Waals surface area contributed by atoms with Crippen molar-refractivity contribution in [1.82, 2.24) is 4.98 Å². The fraction of sp³-hybridized carbons (Fsp3) is 0.375. The molecule has 0 unspecified atom stereocenters. The molecule has 0 aliphatic rings. The Bertz CT molecular complexity index is 303. The Morgan fingerprint density at radius 2 is 2.18 bits per heavy atom. The van der Waals surface area contributed by atoms with Crippen molar-refractivity contribution in [2.24, 2.45) is 0 Å². The summed E-state index contributed by atoms with van der Waals surface area (Å²) in [4.78, 5) is 2.97. The van der Waals surface area contributed by atoms with Gasteiger partial charge in [-0.1, -0.05) is 18.3 Å². The summed E-state index contributed by atoms with van der Waals surface area (Å²) in [5.41, 5.74) is 1.84. The quantitative estimate of drug-likeness (QED) is 0.632. The summed E-state index contributed by atoms with van der Waals surface area (Å²) < 4.78 is 0.701. The maximum absolute atomic E-state index is 9.24. The van der Waals surface area contributed by atoms with E-state index < -0.39 is 6.10 Å². The summed E-state index contributed by atoms with van der Waals surface area (Å²) in [5.74, 6) is 0. The van der Waals surface area contributed by atoms with E-state index in [4.69, 9.17) is 12.2 Å². The molecule has 2 N–H and O–H groups in total. The normalized spacial score (nSPS) is 13.0. The molecule has 1 aromatic heterocycles. The lowest BCUT2D eigenvalue weighted by Gasteiger charge is -2.07. The molecule has 0 aliphatic carbocycles. The molecule has 1 heterocycles. The van der Waals surface area contributed by atoms with Crippen molar-refractivity contribution in [3.05, 3.63) is 28.0 Å². The van der Waals surface area contributed by atoms with Gasteiger partial charge in [-0.05, 0) is 25.5 Å². The zero-order valence-corrected chi connectivity index (χ0v) is 7.40. The molecule has 1 aromatic rings. The molecule has 0 amide bonds. The van der Waals surface area contributed by atoms with E-state index in [1.54, 1.807) is 13.0 Å². The molecule has 60 valence electrons. The molecule has 0 radical (unpaired) electrons. The number of hydrogen-bond acceptors (Lipinski definition) is 2. The van der Waals surface area contributed by atoms with Crippen molar-refractivity contribution in [2.45, 2.75) is 20.0 Å². The molecule has 0 saturated carbocycles. The average Bonchev–Trinajstić information content (AvgIpc) is 1.85. The zero-order chi connectivity index (χ0) is 8.43. The van der Waals surface area contributed by atoms with Crippen LogP contribution in [-0.2, 0) is 0 Å². The van der Waals surface area contributed by atoms with Crippen LogP contribution in [0.5, 0.6) is 0 Å². The number of aliphatic hydroxyl groups is 1.